The number of carbonyl (C=O) groups excluding carboxylic acids is 2. The Labute approximate surface area is 216 Å². The standard InChI is InChI=1S/C29H34N4O2S/c34-28-18-14-19(26-24-17-13-16-21(22(16)24)23(17)25(18)26)29(35)33(28)8-4-3-7-31-9-11-32(12-10-31)27-15-5-1-2-6-20(15)36-30-27/h1-2,5-6,16-19,21-26H,3-4,7-14H2. The number of likely N-dealkylation sites (tertiary alicyclic amines) is 1. The number of anilines is 1. The second-order valence-corrected chi connectivity index (χ2v) is 13.6. The smallest absolute Gasteiger partial charge is 0.232 e. The van der Waals surface area contributed by atoms with E-state index in [0.717, 1.165) is 93.3 Å². The summed E-state index contributed by atoms with van der Waals surface area (Å²) >= 11 is 1.59. The van der Waals surface area contributed by atoms with Crippen LogP contribution in [0.5, 0.6) is 0 Å². The van der Waals surface area contributed by atoms with Gasteiger partial charge in [0.25, 0.3) is 0 Å². The zero-order valence-electron chi connectivity index (χ0n) is 20.7. The number of aromatic nitrogens is 1. The molecule has 1 aromatic carbocycles. The van der Waals surface area contributed by atoms with Crippen LogP contribution in [0.25, 0.3) is 10.1 Å². The van der Waals surface area contributed by atoms with Crippen LogP contribution in [-0.2, 0) is 9.59 Å². The maximum Gasteiger partial charge on any atom is 0.232 e. The topological polar surface area (TPSA) is 56.8 Å². The molecule has 10 rings (SSSR count). The van der Waals surface area contributed by atoms with Crippen molar-refractivity contribution in [2.24, 2.45) is 59.2 Å². The Hall–Kier alpha value is -1.99. The Morgan fingerprint density at radius 1 is 0.778 bits per heavy atom. The molecule has 1 aromatic heterocycles. The van der Waals surface area contributed by atoms with Gasteiger partial charge in [0.15, 0.2) is 0 Å². The molecule has 7 heteroatoms. The summed E-state index contributed by atoms with van der Waals surface area (Å²) < 4.78 is 5.99. The SMILES string of the molecule is O=C1C2CC(C(=O)N1CCCCN1CCN(c3nsc4ccccc34)CC1)C1C2C2C3CC4C2C4C31. The van der Waals surface area contributed by atoms with Crippen LogP contribution < -0.4 is 4.90 Å². The van der Waals surface area contributed by atoms with Gasteiger partial charge in [-0.2, -0.15) is 4.37 Å². The second-order valence-electron chi connectivity index (χ2n) is 12.8. The van der Waals surface area contributed by atoms with Gasteiger partial charge in [0.05, 0.1) is 4.70 Å². The molecule has 8 atom stereocenters. The average molecular weight is 503 g/mol. The van der Waals surface area contributed by atoms with Gasteiger partial charge < -0.3 is 4.90 Å². The number of fused-ring (bicyclic) bond motifs is 6. The fourth-order valence-electron chi connectivity index (χ4n) is 10.7. The van der Waals surface area contributed by atoms with Crippen LogP contribution in [0, 0.1) is 59.2 Å². The maximum atomic E-state index is 13.5. The molecular weight excluding hydrogens is 468 g/mol. The van der Waals surface area contributed by atoms with Crippen molar-refractivity contribution in [2.75, 3.05) is 44.2 Å². The highest BCUT2D eigenvalue weighted by atomic mass is 32.1. The first-order valence-corrected chi connectivity index (χ1v) is 15.1. The van der Waals surface area contributed by atoms with Gasteiger partial charge >= 0.3 is 0 Å². The molecule has 8 fully saturated rings. The average Bonchev–Trinajstić information content (AvgIpc) is 3.50. The van der Waals surface area contributed by atoms with Gasteiger partial charge in [0.2, 0.25) is 11.8 Å². The monoisotopic (exact) mass is 502 g/mol. The summed E-state index contributed by atoms with van der Waals surface area (Å²) in [5.74, 6) is 8.40. The number of nitrogens with zero attached hydrogens (tertiary/aromatic N) is 4. The van der Waals surface area contributed by atoms with E-state index in [0.29, 0.717) is 18.4 Å². The second kappa shape index (κ2) is 7.31. The summed E-state index contributed by atoms with van der Waals surface area (Å²) in [7, 11) is 0. The summed E-state index contributed by atoms with van der Waals surface area (Å²) in [5, 5.41) is 1.27. The lowest BCUT2D eigenvalue weighted by Gasteiger charge is -2.35. The van der Waals surface area contributed by atoms with Gasteiger partial charge in [-0.25, -0.2) is 0 Å². The fourth-order valence-corrected chi connectivity index (χ4v) is 11.5. The quantitative estimate of drug-likeness (QED) is 0.447. The number of carbonyl (C=O) groups is 2. The molecule has 36 heavy (non-hydrogen) atoms. The van der Waals surface area contributed by atoms with E-state index in [-0.39, 0.29) is 23.7 Å². The number of amides is 2. The van der Waals surface area contributed by atoms with E-state index >= 15 is 0 Å². The van der Waals surface area contributed by atoms with Crippen LogP contribution in [0.2, 0.25) is 0 Å². The van der Waals surface area contributed by atoms with Gasteiger partial charge in [-0.3, -0.25) is 19.4 Å². The lowest BCUT2D eigenvalue weighted by molar-refractivity contribution is -0.154. The normalized spacial score (nSPS) is 43.8. The minimum Gasteiger partial charge on any atom is -0.353 e. The van der Waals surface area contributed by atoms with E-state index < -0.39 is 0 Å². The minimum atomic E-state index is 0.172. The number of piperazine rings is 1. The number of hydrogen-bond acceptors (Lipinski definition) is 6. The molecule has 188 valence electrons. The summed E-state index contributed by atoms with van der Waals surface area (Å²) in [4.78, 5) is 33.6. The van der Waals surface area contributed by atoms with Gasteiger partial charge in [-0.15, -0.1) is 0 Å². The summed E-state index contributed by atoms with van der Waals surface area (Å²) in [5.41, 5.74) is 0. The van der Waals surface area contributed by atoms with E-state index in [9.17, 15) is 9.59 Å². The first-order chi connectivity index (χ1) is 17.7. The van der Waals surface area contributed by atoms with Crippen molar-refractivity contribution < 1.29 is 9.59 Å². The van der Waals surface area contributed by atoms with Crippen molar-refractivity contribution in [3.8, 4) is 0 Å². The highest BCUT2D eigenvalue weighted by Gasteiger charge is 2.83. The van der Waals surface area contributed by atoms with E-state index in [1.165, 1.54) is 16.5 Å². The molecule has 6 aliphatic carbocycles. The largest absolute Gasteiger partial charge is 0.353 e. The Morgan fingerprint density at radius 3 is 2.11 bits per heavy atom. The van der Waals surface area contributed by atoms with E-state index in [1.807, 2.05) is 0 Å². The predicted molar refractivity (Wildman–Crippen MR) is 138 cm³/mol. The van der Waals surface area contributed by atoms with Crippen molar-refractivity contribution in [3.63, 3.8) is 0 Å². The first-order valence-electron chi connectivity index (χ1n) is 14.4. The molecule has 2 aliphatic heterocycles. The van der Waals surface area contributed by atoms with Crippen molar-refractivity contribution >= 4 is 39.3 Å². The Bertz CT molecular complexity index is 1230. The Morgan fingerprint density at radius 2 is 1.42 bits per heavy atom. The summed E-state index contributed by atoms with van der Waals surface area (Å²) in [6.07, 6.45) is 4.30. The zero-order valence-corrected chi connectivity index (χ0v) is 21.5. The van der Waals surface area contributed by atoms with Crippen LogP contribution >= 0.6 is 11.5 Å². The van der Waals surface area contributed by atoms with Crippen molar-refractivity contribution in [3.05, 3.63) is 24.3 Å². The van der Waals surface area contributed by atoms with E-state index in [2.05, 4.69) is 34.1 Å². The molecule has 0 spiro atoms. The van der Waals surface area contributed by atoms with Crippen LogP contribution in [0.1, 0.15) is 25.7 Å². The fraction of sp³-hybridized carbons (Fsp3) is 0.690. The van der Waals surface area contributed by atoms with E-state index in [1.54, 1.807) is 16.4 Å². The molecule has 6 nitrogen and oxygen atoms in total. The van der Waals surface area contributed by atoms with Gasteiger partial charge in [-0.1, -0.05) is 12.1 Å². The third-order valence-corrected chi connectivity index (χ3v) is 12.6. The van der Waals surface area contributed by atoms with Crippen LogP contribution in [0.3, 0.4) is 0 Å². The Balaban J connectivity index is 0.795. The van der Waals surface area contributed by atoms with Crippen LogP contribution in [-0.4, -0.2) is 65.3 Å². The molecule has 8 unspecified atom stereocenters. The zero-order chi connectivity index (χ0) is 23.7. The van der Waals surface area contributed by atoms with Crippen molar-refractivity contribution in [2.45, 2.75) is 25.7 Å². The molecule has 8 bridgehead atoms. The molecule has 0 N–H and O–H groups in total. The maximum absolute atomic E-state index is 13.5. The number of unbranched alkanes of at least 4 members (excludes halogenated alkanes) is 1. The molecule has 2 aromatic rings. The minimum absolute atomic E-state index is 0.172. The van der Waals surface area contributed by atoms with E-state index in [4.69, 9.17) is 4.37 Å². The van der Waals surface area contributed by atoms with Crippen LogP contribution in [0.4, 0.5) is 5.82 Å². The lowest BCUT2D eigenvalue weighted by Crippen LogP contribution is -2.48. The molecule has 2 saturated heterocycles. The molecule has 2 amide bonds. The van der Waals surface area contributed by atoms with Gasteiger partial charge in [0, 0.05) is 49.9 Å². The first kappa shape index (κ1) is 21.0. The number of benzene rings is 1. The third kappa shape index (κ3) is 2.59. The molecular formula is C29H34N4O2S. The molecule has 8 aliphatic rings. The van der Waals surface area contributed by atoms with Crippen LogP contribution in [0.15, 0.2) is 24.3 Å². The highest BCUT2D eigenvalue weighted by molar-refractivity contribution is 7.13. The van der Waals surface area contributed by atoms with Crippen molar-refractivity contribution in [1.29, 1.82) is 0 Å². The molecule has 3 heterocycles. The van der Waals surface area contributed by atoms with Crippen molar-refractivity contribution in [1.82, 2.24) is 14.2 Å². The Kier molecular flexibility index (Phi) is 4.27. The lowest BCUT2D eigenvalue weighted by atomic mass is 9.76. The number of rotatable bonds is 6. The summed E-state index contributed by atoms with van der Waals surface area (Å²) in [6.45, 7) is 5.81. The third-order valence-electron chi connectivity index (χ3n) is 11.8. The van der Waals surface area contributed by atoms with Gasteiger partial charge in [-0.05, 0) is 103 Å². The summed E-state index contributed by atoms with van der Waals surface area (Å²) in [6, 6.07) is 8.51. The molecule has 0 radical (unpaired) electrons. The van der Waals surface area contributed by atoms with Gasteiger partial charge in [0.1, 0.15) is 5.82 Å². The number of piperidine rings is 1. The highest BCUT2D eigenvalue weighted by Crippen LogP contribution is 2.86. The predicted octanol–water partition coefficient (Wildman–Crippen LogP) is 3.58. The molecule has 6 saturated carbocycles. The number of hydrogen-bond donors (Lipinski definition) is 0. The number of imide groups is 1.